The highest BCUT2D eigenvalue weighted by Gasteiger charge is 2.26. The van der Waals surface area contributed by atoms with E-state index in [0.29, 0.717) is 12.6 Å². The van der Waals surface area contributed by atoms with Crippen LogP contribution in [0.15, 0.2) is 18.2 Å². The van der Waals surface area contributed by atoms with Crippen LogP contribution >= 0.6 is 11.6 Å². The Bertz CT molecular complexity index is 393. The predicted octanol–water partition coefficient (Wildman–Crippen LogP) is 2.41. The van der Waals surface area contributed by atoms with Crippen molar-refractivity contribution in [2.24, 2.45) is 0 Å². The minimum Gasteiger partial charge on any atom is -0.395 e. The van der Waals surface area contributed by atoms with Gasteiger partial charge in [-0.05, 0) is 38.4 Å². The molecule has 1 saturated carbocycles. The summed E-state index contributed by atoms with van der Waals surface area (Å²) in [5.41, 5.74) is 2.29. The van der Waals surface area contributed by atoms with Crippen molar-refractivity contribution in [1.82, 2.24) is 5.32 Å². The highest BCUT2D eigenvalue weighted by Crippen LogP contribution is 2.34. The average molecular weight is 269 g/mol. The van der Waals surface area contributed by atoms with E-state index in [2.05, 4.69) is 16.3 Å². The van der Waals surface area contributed by atoms with Gasteiger partial charge in [0.2, 0.25) is 0 Å². The number of nitrogens with zero attached hydrogens (tertiary/aromatic N) is 1. The molecule has 0 radical (unpaired) electrons. The molecule has 4 heteroatoms. The molecule has 2 N–H and O–H groups in total. The molecular weight excluding hydrogens is 248 g/mol. The van der Waals surface area contributed by atoms with Crippen molar-refractivity contribution >= 4 is 17.3 Å². The van der Waals surface area contributed by atoms with E-state index in [1.165, 1.54) is 19.3 Å². The van der Waals surface area contributed by atoms with Crippen LogP contribution in [0.25, 0.3) is 0 Å². The van der Waals surface area contributed by atoms with E-state index in [-0.39, 0.29) is 6.61 Å². The summed E-state index contributed by atoms with van der Waals surface area (Å²) in [6.07, 6.45) is 3.71. The second kappa shape index (κ2) is 6.41. The third kappa shape index (κ3) is 2.79. The number of hydrogen-bond acceptors (Lipinski definition) is 3. The molecule has 0 bridgehead atoms. The molecule has 1 aliphatic carbocycles. The Morgan fingerprint density at radius 1 is 1.44 bits per heavy atom. The van der Waals surface area contributed by atoms with Crippen molar-refractivity contribution < 1.29 is 5.11 Å². The molecule has 0 unspecified atom stereocenters. The SMILES string of the molecule is CNCc1c(Cl)cccc1N(CCO)C1CCC1. The molecule has 1 aromatic carbocycles. The summed E-state index contributed by atoms with van der Waals surface area (Å²) in [6, 6.07) is 6.58. The van der Waals surface area contributed by atoms with Crippen LogP contribution in [0.3, 0.4) is 0 Å². The minimum atomic E-state index is 0.183. The van der Waals surface area contributed by atoms with Crippen molar-refractivity contribution in [3.63, 3.8) is 0 Å². The largest absolute Gasteiger partial charge is 0.395 e. The fourth-order valence-corrected chi connectivity index (χ4v) is 2.71. The van der Waals surface area contributed by atoms with E-state index in [1.807, 2.05) is 19.2 Å². The Morgan fingerprint density at radius 2 is 2.22 bits per heavy atom. The topological polar surface area (TPSA) is 35.5 Å². The van der Waals surface area contributed by atoms with Gasteiger partial charge in [0.25, 0.3) is 0 Å². The molecule has 100 valence electrons. The van der Waals surface area contributed by atoms with Crippen LogP contribution in [0.5, 0.6) is 0 Å². The molecule has 0 atom stereocenters. The lowest BCUT2D eigenvalue weighted by Crippen LogP contribution is -2.42. The van der Waals surface area contributed by atoms with Crippen molar-refractivity contribution in [1.29, 1.82) is 0 Å². The van der Waals surface area contributed by atoms with Crippen LogP contribution in [-0.4, -0.2) is 31.3 Å². The fraction of sp³-hybridized carbons (Fsp3) is 0.571. The van der Waals surface area contributed by atoms with Crippen LogP contribution in [0.1, 0.15) is 24.8 Å². The van der Waals surface area contributed by atoms with Gasteiger partial charge in [-0.15, -0.1) is 0 Å². The lowest BCUT2D eigenvalue weighted by molar-refractivity contribution is 0.283. The first-order valence-corrected chi connectivity index (χ1v) is 6.95. The van der Waals surface area contributed by atoms with Gasteiger partial charge in [0.1, 0.15) is 0 Å². The van der Waals surface area contributed by atoms with E-state index < -0.39 is 0 Å². The zero-order valence-electron chi connectivity index (χ0n) is 10.8. The molecule has 18 heavy (non-hydrogen) atoms. The second-order valence-electron chi connectivity index (χ2n) is 4.77. The molecule has 1 aromatic rings. The summed E-state index contributed by atoms with van der Waals surface area (Å²) < 4.78 is 0. The Labute approximate surface area is 114 Å². The summed E-state index contributed by atoms with van der Waals surface area (Å²) in [5.74, 6) is 0. The Morgan fingerprint density at radius 3 is 2.78 bits per heavy atom. The molecule has 0 aromatic heterocycles. The van der Waals surface area contributed by atoms with E-state index in [9.17, 15) is 5.11 Å². The van der Waals surface area contributed by atoms with Gasteiger partial charge in [-0.1, -0.05) is 17.7 Å². The van der Waals surface area contributed by atoms with Crippen molar-refractivity contribution in [3.8, 4) is 0 Å². The summed E-state index contributed by atoms with van der Waals surface area (Å²) in [7, 11) is 1.92. The van der Waals surface area contributed by atoms with Gasteiger partial charge in [-0.25, -0.2) is 0 Å². The fourth-order valence-electron chi connectivity index (χ4n) is 2.47. The van der Waals surface area contributed by atoms with E-state index in [0.717, 1.165) is 22.8 Å². The van der Waals surface area contributed by atoms with Crippen LogP contribution in [0.4, 0.5) is 5.69 Å². The number of aliphatic hydroxyl groups excluding tert-OH is 1. The zero-order valence-corrected chi connectivity index (χ0v) is 11.6. The Balaban J connectivity index is 2.30. The second-order valence-corrected chi connectivity index (χ2v) is 5.18. The maximum atomic E-state index is 9.27. The van der Waals surface area contributed by atoms with E-state index in [1.54, 1.807) is 0 Å². The van der Waals surface area contributed by atoms with Gasteiger partial charge in [-0.3, -0.25) is 0 Å². The maximum absolute atomic E-state index is 9.27. The number of aliphatic hydroxyl groups is 1. The highest BCUT2D eigenvalue weighted by molar-refractivity contribution is 6.31. The molecule has 1 fully saturated rings. The van der Waals surface area contributed by atoms with Crippen LogP contribution in [0, 0.1) is 0 Å². The number of rotatable bonds is 6. The molecule has 0 saturated heterocycles. The molecule has 2 rings (SSSR count). The van der Waals surface area contributed by atoms with Crippen LogP contribution in [0.2, 0.25) is 5.02 Å². The van der Waals surface area contributed by atoms with Crippen LogP contribution in [-0.2, 0) is 6.54 Å². The lowest BCUT2D eigenvalue weighted by Gasteiger charge is -2.40. The maximum Gasteiger partial charge on any atom is 0.0606 e. The van der Waals surface area contributed by atoms with E-state index in [4.69, 9.17) is 11.6 Å². The normalized spacial score (nSPS) is 15.5. The Kier molecular flexibility index (Phi) is 4.87. The summed E-state index contributed by atoms with van der Waals surface area (Å²) in [6.45, 7) is 1.62. The third-order valence-corrected chi connectivity index (χ3v) is 3.97. The van der Waals surface area contributed by atoms with Crippen LogP contribution < -0.4 is 10.2 Å². The first-order chi connectivity index (χ1) is 8.77. The zero-order chi connectivity index (χ0) is 13.0. The number of anilines is 1. The van der Waals surface area contributed by atoms with Gasteiger partial charge in [0.05, 0.1) is 6.61 Å². The van der Waals surface area contributed by atoms with Crippen molar-refractivity contribution in [2.45, 2.75) is 31.8 Å². The smallest absolute Gasteiger partial charge is 0.0606 e. The lowest BCUT2D eigenvalue weighted by atomic mass is 9.90. The number of halogens is 1. The van der Waals surface area contributed by atoms with Gasteiger partial charge in [0, 0.05) is 35.4 Å². The van der Waals surface area contributed by atoms with E-state index >= 15 is 0 Å². The summed E-state index contributed by atoms with van der Waals surface area (Å²) >= 11 is 6.29. The monoisotopic (exact) mass is 268 g/mol. The number of benzene rings is 1. The quantitative estimate of drug-likeness (QED) is 0.832. The summed E-state index contributed by atoms with van der Waals surface area (Å²) in [4.78, 5) is 2.31. The Hall–Kier alpha value is -0.770. The minimum absolute atomic E-state index is 0.183. The highest BCUT2D eigenvalue weighted by atomic mass is 35.5. The molecular formula is C14H21ClN2O. The first-order valence-electron chi connectivity index (χ1n) is 6.57. The molecule has 0 heterocycles. The van der Waals surface area contributed by atoms with Crippen molar-refractivity contribution in [2.75, 3.05) is 25.1 Å². The van der Waals surface area contributed by atoms with Gasteiger partial charge in [0.15, 0.2) is 0 Å². The molecule has 1 aliphatic rings. The standard InChI is InChI=1S/C14H21ClN2O/c1-16-10-12-13(15)6-3-7-14(12)17(8-9-18)11-4-2-5-11/h3,6-7,11,16,18H,2,4-5,8-10H2,1H3. The first kappa shape index (κ1) is 13.7. The predicted molar refractivity (Wildman–Crippen MR) is 76.3 cm³/mol. The number of hydrogen-bond donors (Lipinski definition) is 2. The van der Waals surface area contributed by atoms with Gasteiger partial charge < -0.3 is 15.3 Å². The van der Waals surface area contributed by atoms with Gasteiger partial charge >= 0.3 is 0 Å². The van der Waals surface area contributed by atoms with Gasteiger partial charge in [-0.2, -0.15) is 0 Å². The molecule has 0 aliphatic heterocycles. The third-order valence-electron chi connectivity index (χ3n) is 3.61. The average Bonchev–Trinajstić information content (AvgIpc) is 2.29. The van der Waals surface area contributed by atoms with Crippen molar-refractivity contribution in [3.05, 3.63) is 28.8 Å². The molecule has 3 nitrogen and oxygen atoms in total. The molecule has 0 amide bonds. The number of nitrogens with one attached hydrogen (secondary N) is 1. The molecule has 0 spiro atoms. The summed E-state index contributed by atoms with van der Waals surface area (Å²) in [5, 5.41) is 13.2.